The average Bonchev–Trinajstić information content (AvgIpc) is 3.14. The fraction of sp³-hybridized carbons (Fsp3) is 0.533. The van der Waals surface area contributed by atoms with Crippen molar-refractivity contribution in [2.24, 2.45) is 5.92 Å². The largest absolute Gasteiger partial charge is 0.323 e. The number of alkyl halides is 1. The van der Waals surface area contributed by atoms with Gasteiger partial charge in [-0.2, -0.15) is 0 Å². The SMILES string of the molecule is CC(CC1CC1)n1c(CCCl)nc2ccc(F)c(F)c21. The second kappa shape index (κ2) is 5.32. The van der Waals surface area contributed by atoms with Gasteiger partial charge in [0.15, 0.2) is 11.6 Å². The molecule has 0 amide bonds. The summed E-state index contributed by atoms with van der Waals surface area (Å²) in [6, 6.07) is 2.78. The van der Waals surface area contributed by atoms with Crippen molar-refractivity contribution in [3.8, 4) is 0 Å². The van der Waals surface area contributed by atoms with E-state index in [1.54, 1.807) is 0 Å². The molecule has 2 aromatic rings. The minimum absolute atomic E-state index is 0.113. The predicted octanol–water partition coefficient (Wildman–Crippen LogP) is 4.46. The van der Waals surface area contributed by atoms with Crippen LogP contribution in [0.5, 0.6) is 0 Å². The average molecular weight is 299 g/mol. The molecule has 2 nitrogen and oxygen atoms in total. The van der Waals surface area contributed by atoms with Crippen molar-refractivity contribution in [1.29, 1.82) is 0 Å². The third-order valence-corrected chi connectivity index (χ3v) is 4.14. The van der Waals surface area contributed by atoms with Crippen LogP contribution in [-0.2, 0) is 6.42 Å². The molecule has 1 aromatic carbocycles. The molecule has 0 radical (unpaired) electrons. The molecule has 0 bridgehead atoms. The summed E-state index contributed by atoms with van der Waals surface area (Å²) in [4.78, 5) is 4.42. The van der Waals surface area contributed by atoms with Gasteiger partial charge in [-0.1, -0.05) is 12.8 Å². The Hall–Kier alpha value is -1.16. The highest BCUT2D eigenvalue weighted by Gasteiger charge is 2.27. The maximum atomic E-state index is 14.2. The van der Waals surface area contributed by atoms with Crippen molar-refractivity contribution in [2.75, 3.05) is 5.88 Å². The Morgan fingerprint density at radius 2 is 2.15 bits per heavy atom. The lowest BCUT2D eigenvalue weighted by Crippen LogP contribution is -2.11. The van der Waals surface area contributed by atoms with Gasteiger partial charge in [-0.3, -0.25) is 0 Å². The summed E-state index contributed by atoms with van der Waals surface area (Å²) >= 11 is 5.81. The Bertz CT molecular complexity index is 634. The van der Waals surface area contributed by atoms with Crippen LogP contribution in [0.25, 0.3) is 11.0 Å². The first-order valence-corrected chi connectivity index (χ1v) is 7.56. The summed E-state index contributed by atoms with van der Waals surface area (Å²) in [5, 5.41) is 0. The molecule has 1 aliphatic rings. The predicted molar refractivity (Wildman–Crippen MR) is 76.1 cm³/mol. The molecule has 1 saturated carbocycles. The number of nitrogens with zero attached hydrogens (tertiary/aromatic N) is 2. The maximum absolute atomic E-state index is 14.2. The van der Waals surface area contributed by atoms with E-state index in [9.17, 15) is 8.78 Å². The highest BCUT2D eigenvalue weighted by molar-refractivity contribution is 6.17. The fourth-order valence-corrected chi connectivity index (χ4v) is 3.02. The Balaban J connectivity index is 2.13. The van der Waals surface area contributed by atoms with E-state index < -0.39 is 11.6 Å². The van der Waals surface area contributed by atoms with E-state index in [0.717, 1.165) is 18.3 Å². The van der Waals surface area contributed by atoms with Gasteiger partial charge < -0.3 is 4.57 Å². The summed E-state index contributed by atoms with van der Waals surface area (Å²) in [6.45, 7) is 2.04. The van der Waals surface area contributed by atoms with Crippen molar-refractivity contribution in [1.82, 2.24) is 9.55 Å². The molecular weight excluding hydrogens is 282 g/mol. The zero-order valence-electron chi connectivity index (χ0n) is 11.4. The van der Waals surface area contributed by atoms with Gasteiger partial charge in [0.1, 0.15) is 11.3 Å². The van der Waals surface area contributed by atoms with Crippen molar-refractivity contribution < 1.29 is 8.78 Å². The van der Waals surface area contributed by atoms with Gasteiger partial charge in [-0.25, -0.2) is 13.8 Å². The number of aromatic nitrogens is 2. The molecule has 1 aromatic heterocycles. The second-order valence-electron chi connectivity index (χ2n) is 5.59. The lowest BCUT2D eigenvalue weighted by molar-refractivity contribution is 0.460. The monoisotopic (exact) mass is 298 g/mol. The number of hydrogen-bond donors (Lipinski definition) is 0. The van der Waals surface area contributed by atoms with Gasteiger partial charge >= 0.3 is 0 Å². The minimum atomic E-state index is -0.824. The molecule has 1 atom stereocenters. The maximum Gasteiger partial charge on any atom is 0.184 e. The normalized spacial score (nSPS) is 16.8. The van der Waals surface area contributed by atoms with E-state index in [0.29, 0.717) is 23.7 Å². The van der Waals surface area contributed by atoms with Crippen molar-refractivity contribution >= 4 is 22.6 Å². The van der Waals surface area contributed by atoms with Gasteiger partial charge in [0.25, 0.3) is 0 Å². The molecule has 1 fully saturated rings. The molecule has 5 heteroatoms. The molecular formula is C15H17ClF2N2. The Labute approximate surface area is 121 Å². The first-order chi connectivity index (χ1) is 9.61. The number of benzene rings is 1. The van der Waals surface area contributed by atoms with E-state index in [2.05, 4.69) is 4.98 Å². The molecule has 0 spiro atoms. The molecule has 20 heavy (non-hydrogen) atoms. The molecule has 1 aliphatic carbocycles. The van der Waals surface area contributed by atoms with E-state index >= 15 is 0 Å². The highest BCUT2D eigenvalue weighted by atomic mass is 35.5. The summed E-state index contributed by atoms with van der Waals surface area (Å²) in [6.07, 6.45) is 4.01. The minimum Gasteiger partial charge on any atom is -0.323 e. The van der Waals surface area contributed by atoms with Crippen LogP contribution in [-0.4, -0.2) is 15.4 Å². The van der Waals surface area contributed by atoms with Gasteiger partial charge in [-0.05, 0) is 31.4 Å². The van der Waals surface area contributed by atoms with Crippen LogP contribution in [0, 0.1) is 17.6 Å². The number of halogens is 3. The number of fused-ring (bicyclic) bond motifs is 1. The fourth-order valence-electron chi connectivity index (χ4n) is 2.85. The van der Waals surface area contributed by atoms with E-state index in [1.165, 1.54) is 18.9 Å². The van der Waals surface area contributed by atoms with Crippen molar-refractivity contribution in [3.05, 3.63) is 29.6 Å². The number of rotatable bonds is 5. The smallest absolute Gasteiger partial charge is 0.184 e. The number of imidazole rings is 1. The third-order valence-electron chi connectivity index (χ3n) is 3.95. The van der Waals surface area contributed by atoms with Crippen LogP contribution in [0.1, 0.15) is 38.1 Å². The van der Waals surface area contributed by atoms with E-state index in [4.69, 9.17) is 11.6 Å². The van der Waals surface area contributed by atoms with Gasteiger partial charge in [0.2, 0.25) is 0 Å². The van der Waals surface area contributed by atoms with Gasteiger partial charge in [-0.15, -0.1) is 11.6 Å². The molecule has 3 rings (SSSR count). The van der Waals surface area contributed by atoms with Gasteiger partial charge in [0, 0.05) is 18.3 Å². The molecule has 0 N–H and O–H groups in total. The number of hydrogen-bond acceptors (Lipinski definition) is 1. The summed E-state index contributed by atoms with van der Waals surface area (Å²) in [5.41, 5.74) is 0.782. The Kier molecular flexibility index (Phi) is 3.67. The number of aryl methyl sites for hydroxylation is 1. The zero-order valence-corrected chi connectivity index (χ0v) is 12.1. The molecule has 108 valence electrons. The first-order valence-electron chi connectivity index (χ1n) is 7.02. The second-order valence-corrected chi connectivity index (χ2v) is 5.97. The first kappa shape index (κ1) is 13.8. The molecule has 0 aliphatic heterocycles. The summed E-state index contributed by atoms with van der Waals surface area (Å²) < 4.78 is 29.5. The zero-order chi connectivity index (χ0) is 14.3. The lowest BCUT2D eigenvalue weighted by atomic mass is 10.1. The lowest BCUT2D eigenvalue weighted by Gasteiger charge is -2.17. The van der Waals surface area contributed by atoms with E-state index in [1.807, 2.05) is 11.5 Å². The molecule has 0 saturated heterocycles. The van der Waals surface area contributed by atoms with E-state index in [-0.39, 0.29) is 11.6 Å². The van der Waals surface area contributed by atoms with Crippen LogP contribution >= 0.6 is 11.6 Å². The summed E-state index contributed by atoms with van der Waals surface area (Å²) in [7, 11) is 0. The molecule has 1 heterocycles. The Morgan fingerprint density at radius 3 is 2.80 bits per heavy atom. The van der Waals surface area contributed by atoms with Crippen LogP contribution in [0.3, 0.4) is 0 Å². The van der Waals surface area contributed by atoms with Gasteiger partial charge in [0.05, 0.1) is 5.52 Å². The molecule has 1 unspecified atom stereocenters. The van der Waals surface area contributed by atoms with Crippen LogP contribution in [0.4, 0.5) is 8.78 Å². The highest BCUT2D eigenvalue weighted by Crippen LogP contribution is 2.38. The Morgan fingerprint density at radius 1 is 1.40 bits per heavy atom. The van der Waals surface area contributed by atoms with Crippen molar-refractivity contribution in [2.45, 2.75) is 38.6 Å². The topological polar surface area (TPSA) is 17.8 Å². The van der Waals surface area contributed by atoms with Crippen LogP contribution in [0.2, 0.25) is 0 Å². The van der Waals surface area contributed by atoms with Crippen LogP contribution < -0.4 is 0 Å². The van der Waals surface area contributed by atoms with Crippen molar-refractivity contribution in [3.63, 3.8) is 0 Å². The summed E-state index contributed by atoms with van der Waals surface area (Å²) in [5.74, 6) is 0.243. The quantitative estimate of drug-likeness (QED) is 0.745. The standard InChI is InChI=1S/C15H17ClF2N2/c1-9(8-10-2-3-10)20-13(6-7-16)19-12-5-4-11(17)14(18)15(12)20/h4-5,9-10H,2-3,6-8H2,1H3. The van der Waals surface area contributed by atoms with Crippen LogP contribution in [0.15, 0.2) is 12.1 Å². The third kappa shape index (κ3) is 2.41.